The maximum atomic E-state index is 13.3. The predicted octanol–water partition coefficient (Wildman–Crippen LogP) is 4.80. The van der Waals surface area contributed by atoms with Gasteiger partial charge in [0.2, 0.25) is 0 Å². The van der Waals surface area contributed by atoms with Crippen molar-refractivity contribution in [2.24, 2.45) is 5.10 Å². The van der Waals surface area contributed by atoms with E-state index < -0.39 is 5.72 Å². The van der Waals surface area contributed by atoms with Gasteiger partial charge in [0.05, 0.1) is 23.0 Å². The van der Waals surface area contributed by atoms with Gasteiger partial charge in [-0.1, -0.05) is 64.5 Å². The first-order chi connectivity index (χ1) is 14.2. The Labute approximate surface area is 176 Å². The Morgan fingerprint density at radius 1 is 1.03 bits per heavy atom. The molecule has 0 radical (unpaired) electrons. The van der Waals surface area contributed by atoms with Crippen LogP contribution in [0, 0.1) is 0 Å². The Morgan fingerprint density at radius 2 is 1.79 bits per heavy atom. The summed E-state index contributed by atoms with van der Waals surface area (Å²) in [5, 5.41) is 9.78. The number of amides is 1. The van der Waals surface area contributed by atoms with Crippen LogP contribution in [0.1, 0.15) is 29.2 Å². The highest BCUT2D eigenvalue weighted by molar-refractivity contribution is 9.10. The topological polar surface area (TPSA) is 53.9 Å². The zero-order valence-corrected chi connectivity index (χ0v) is 16.9. The van der Waals surface area contributed by atoms with Gasteiger partial charge in [-0.05, 0) is 29.8 Å². The zero-order valence-electron chi connectivity index (χ0n) is 15.3. The molecule has 142 valence electrons. The van der Waals surface area contributed by atoms with Gasteiger partial charge in [-0.15, -0.1) is 0 Å². The molecule has 5 nitrogen and oxygen atoms in total. The fraction of sp³-hybridized carbons (Fsp3) is 0.130. The Kier molecular flexibility index (Phi) is 3.44. The molecule has 3 aliphatic heterocycles. The van der Waals surface area contributed by atoms with Crippen LogP contribution in [0.15, 0.2) is 82.4 Å². The highest BCUT2D eigenvalue weighted by atomic mass is 79.9. The molecule has 29 heavy (non-hydrogen) atoms. The number of halogens is 1. The minimum Gasteiger partial charge on any atom is -0.453 e. The molecular weight excluding hydrogens is 430 g/mol. The number of carbonyl (C=O) groups excluding carboxylic acids is 1. The van der Waals surface area contributed by atoms with E-state index in [1.165, 1.54) is 0 Å². The van der Waals surface area contributed by atoms with Gasteiger partial charge in [0.15, 0.2) is 0 Å². The first-order valence-electron chi connectivity index (χ1n) is 9.48. The van der Waals surface area contributed by atoms with Gasteiger partial charge in [0.25, 0.3) is 5.91 Å². The van der Waals surface area contributed by atoms with Crippen molar-refractivity contribution in [2.75, 3.05) is 5.32 Å². The molecule has 0 aliphatic carbocycles. The molecule has 0 saturated carbocycles. The molecular formula is C23H16BrN3O2. The van der Waals surface area contributed by atoms with E-state index in [0.29, 0.717) is 6.42 Å². The summed E-state index contributed by atoms with van der Waals surface area (Å²) in [6, 6.07) is 23.6. The van der Waals surface area contributed by atoms with E-state index in [2.05, 4.69) is 27.3 Å². The van der Waals surface area contributed by atoms with Crippen molar-refractivity contribution in [3.8, 4) is 5.75 Å². The monoisotopic (exact) mass is 445 g/mol. The quantitative estimate of drug-likeness (QED) is 0.585. The normalized spacial score (nSPS) is 23.8. The second-order valence-corrected chi connectivity index (χ2v) is 8.32. The van der Waals surface area contributed by atoms with Crippen LogP contribution >= 0.6 is 15.9 Å². The fourth-order valence-electron chi connectivity index (χ4n) is 4.46. The van der Waals surface area contributed by atoms with E-state index >= 15 is 0 Å². The Hall–Kier alpha value is -3.12. The number of hydrogen-bond acceptors (Lipinski definition) is 4. The number of nitrogens with one attached hydrogen (secondary N) is 1. The molecule has 1 spiro atoms. The molecule has 1 amide bonds. The molecule has 1 N–H and O–H groups in total. The molecule has 3 aromatic carbocycles. The molecule has 0 unspecified atom stereocenters. The second kappa shape index (κ2) is 5.94. The lowest BCUT2D eigenvalue weighted by Crippen LogP contribution is -2.55. The number of rotatable bonds is 1. The summed E-state index contributed by atoms with van der Waals surface area (Å²) in [7, 11) is 0. The van der Waals surface area contributed by atoms with Crippen LogP contribution in [0.2, 0.25) is 0 Å². The van der Waals surface area contributed by atoms with Crippen molar-refractivity contribution in [1.29, 1.82) is 0 Å². The number of hydrogen-bond donors (Lipinski definition) is 1. The van der Waals surface area contributed by atoms with E-state index in [9.17, 15) is 4.79 Å². The molecule has 3 heterocycles. The number of fused-ring (bicyclic) bond motifs is 6. The third kappa shape index (κ3) is 2.26. The van der Waals surface area contributed by atoms with E-state index in [1.54, 1.807) is 0 Å². The third-order valence-corrected chi connectivity index (χ3v) is 6.32. The fourth-order valence-corrected chi connectivity index (χ4v) is 4.72. The summed E-state index contributed by atoms with van der Waals surface area (Å²) in [6.45, 7) is 0. The lowest BCUT2D eigenvalue weighted by Gasteiger charge is -2.43. The van der Waals surface area contributed by atoms with Gasteiger partial charge >= 0.3 is 5.72 Å². The van der Waals surface area contributed by atoms with Gasteiger partial charge in [-0.3, -0.25) is 4.79 Å². The maximum absolute atomic E-state index is 13.3. The van der Waals surface area contributed by atoms with Crippen molar-refractivity contribution in [3.63, 3.8) is 0 Å². The summed E-state index contributed by atoms with van der Waals surface area (Å²) in [5.74, 6) is 0.520. The predicted molar refractivity (Wildman–Crippen MR) is 114 cm³/mol. The molecule has 0 saturated heterocycles. The van der Waals surface area contributed by atoms with Crippen LogP contribution in [0.4, 0.5) is 5.69 Å². The molecule has 2 atom stereocenters. The number of nitrogens with zero attached hydrogens (tertiary/aromatic N) is 2. The van der Waals surface area contributed by atoms with E-state index in [1.807, 2.05) is 71.7 Å². The van der Waals surface area contributed by atoms with Crippen molar-refractivity contribution in [2.45, 2.75) is 18.2 Å². The van der Waals surface area contributed by atoms with Crippen LogP contribution < -0.4 is 10.1 Å². The summed E-state index contributed by atoms with van der Waals surface area (Å²) in [5.41, 5.74) is 3.30. The molecule has 0 aromatic heterocycles. The van der Waals surface area contributed by atoms with Gasteiger partial charge < -0.3 is 10.1 Å². The number of benzene rings is 3. The Bertz CT molecular complexity index is 1190. The molecule has 6 rings (SSSR count). The number of hydrazone groups is 1. The van der Waals surface area contributed by atoms with Gasteiger partial charge in [-0.2, -0.15) is 5.10 Å². The van der Waals surface area contributed by atoms with Crippen LogP contribution in [0.3, 0.4) is 0 Å². The average molecular weight is 446 g/mol. The van der Waals surface area contributed by atoms with Crippen LogP contribution in [0.25, 0.3) is 0 Å². The largest absolute Gasteiger partial charge is 0.453 e. The van der Waals surface area contributed by atoms with Gasteiger partial charge in [0.1, 0.15) is 5.75 Å². The van der Waals surface area contributed by atoms with E-state index in [-0.39, 0.29) is 11.9 Å². The minimum atomic E-state index is -1.30. The van der Waals surface area contributed by atoms with Crippen molar-refractivity contribution in [1.82, 2.24) is 5.01 Å². The highest BCUT2D eigenvalue weighted by Gasteiger charge is 2.60. The third-order valence-electron chi connectivity index (χ3n) is 5.79. The van der Waals surface area contributed by atoms with Crippen LogP contribution in [0.5, 0.6) is 5.75 Å². The van der Waals surface area contributed by atoms with Gasteiger partial charge in [0, 0.05) is 16.5 Å². The lowest BCUT2D eigenvalue weighted by molar-refractivity contribution is -0.161. The molecule has 6 heteroatoms. The number of para-hydroxylation sites is 2. The lowest BCUT2D eigenvalue weighted by atomic mass is 9.92. The maximum Gasteiger partial charge on any atom is 0.306 e. The Balaban J connectivity index is 1.56. The SMILES string of the molecule is O=C1Nc2ccccc2[C@]12Oc1ccccc1[C@H]1CC(c3ccc(Br)cc3)=NN12. The molecule has 0 bridgehead atoms. The summed E-state index contributed by atoms with van der Waals surface area (Å²) in [6.07, 6.45) is 0.708. The van der Waals surface area contributed by atoms with Gasteiger partial charge in [-0.25, -0.2) is 5.01 Å². The van der Waals surface area contributed by atoms with Crippen molar-refractivity contribution < 1.29 is 9.53 Å². The van der Waals surface area contributed by atoms with Crippen LogP contribution in [-0.2, 0) is 10.5 Å². The molecule has 0 fully saturated rings. The average Bonchev–Trinajstić information content (AvgIpc) is 3.30. The number of anilines is 1. The number of ether oxygens (including phenoxy) is 1. The first-order valence-corrected chi connectivity index (χ1v) is 10.3. The van der Waals surface area contributed by atoms with Crippen molar-refractivity contribution >= 4 is 33.2 Å². The highest BCUT2D eigenvalue weighted by Crippen LogP contribution is 2.53. The summed E-state index contributed by atoms with van der Waals surface area (Å²) < 4.78 is 7.46. The summed E-state index contributed by atoms with van der Waals surface area (Å²) in [4.78, 5) is 13.3. The molecule has 3 aromatic rings. The van der Waals surface area contributed by atoms with E-state index in [0.717, 1.165) is 38.3 Å². The Morgan fingerprint density at radius 3 is 2.66 bits per heavy atom. The summed E-state index contributed by atoms with van der Waals surface area (Å²) >= 11 is 3.49. The number of carbonyl (C=O) groups is 1. The first kappa shape index (κ1) is 16.8. The van der Waals surface area contributed by atoms with Crippen LogP contribution in [-0.4, -0.2) is 16.6 Å². The zero-order chi connectivity index (χ0) is 19.6. The standard InChI is InChI=1S/C23H16BrN3O2/c24-15-11-9-14(10-12-15)19-13-20-16-5-1-4-8-21(16)29-23(27(20)26-19)17-6-2-3-7-18(17)25-22(23)28/h1-12,20H,13H2,(H,25,28)/t20-,23+/m1/s1. The van der Waals surface area contributed by atoms with Crippen molar-refractivity contribution in [3.05, 3.63) is 94.0 Å². The smallest absolute Gasteiger partial charge is 0.306 e. The second-order valence-electron chi connectivity index (χ2n) is 7.40. The minimum absolute atomic E-state index is 0.0736. The van der Waals surface area contributed by atoms with E-state index in [4.69, 9.17) is 9.84 Å². The molecule has 3 aliphatic rings.